The van der Waals surface area contributed by atoms with E-state index in [1.165, 1.54) is 14.0 Å². The van der Waals surface area contributed by atoms with Gasteiger partial charge in [0.05, 0.1) is 7.11 Å². The van der Waals surface area contributed by atoms with Crippen LogP contribution in [0.1, 0.15) is 12.6 Å². The molecular weight excluding hydrogens is 198 g/mol. The molecule has 0 aliphatic heterocycles. The molecule has 1 atom stereocenters. The topological polar surface area (TPSA) is 79.7 Å². The lowest BCUT2D eigenvalue weighted by molar-refractivity contribution is -0.156. The second-order valence-corrected chi connectivity index (χ2v) is 3.43. The van der Waals surface area contributed by atoms with Crippen molar-refractivity contribution in [1.29, 1.82) is 0 Å². The first-order valence-electron chi connectivity index (χ1n) is 4.41. The molecule has 5 nitrogen and oxygen atoms in total. The fourth-order valence-electron chi connectivity index (χ4n) is 1.10. The molecule has 0 fully saturated rings. The van der Waals surface area contributed by atoms with Gasteiger partial charge in [-0.15, -0.1) is 0 Å². The van der Waals surface area contributed by atoms with Crippen molar-refractivity contribution in [3.63, 3.8) is 0 Å². The molecule has 0 amide bonds. The molecule has 15 heavy (non-hydrogen) atoms. The Balaban J connectivity index is 2.85. The molecule has 5 heteroatoms. The minimum Gasteiger partial charge on any atom is -0.481 e. The standard InChI is InChI=1S/C10H13NO4/c1-10(14,9(12)13)6-7-4-3-5-8(11-7)15-2/h3-5,14H,6H2,1-2H3,(H,12,13). The summed E-state index contributed by atoms with van der Waals surface area (Å²) in [5.41, 5.74) is -1.33. The number of pyridine rings is 1. The first-order chi connectivity index (χ1) is 6.95. The Labute approximate surface area is 87.3 Å². The molecule has 0 aliphatic rings. The number of nitrogens with zero attached hydrogens (tertiary/aromatic N) is 1. The highest BCUT2D eigenvalue weighted by molar-refractivity contribution is 5.76. The van der Waals surface area contributed by atoms with Crippen molar-refractivity contribution >= 4 is 5.97 Å². The molecular formula is C10H13NO4. The number of rotatable bonds is 4. The van der Waals surface area contributed by atoms with Crippen LogP contribution in [0.15, 0.2) is 18.2 Å². The normalized spacial score (nSPS) is 14.3. The number of methoxy groups -OCH3 is 1. The lowest BCUT2D eigenvalue weighted by Gasteiger charge is -2.17. The maximum atomic E-state index is 10.7. The smallest absolute Gasteiger partial charge is 0.335 e. The van der Waals surface area contributed by atoms with Gasteiger partial charge in [0.2, 0.25) is 5.88 Å². The number of aliphatic hydroxyl groups is 1. The summed E-state index contributed by atoms with van der Waals surface area (Å²) in [6.45, 7) is 1.23. The monoisotopic (exact) mass is 211 g/mol. The Kier molecular flexibility index (Phi) is 3.26. The van der Waals surface area contributed by atoms with E-state index >= 15 is 0 Å². The summed E-state index contributed by atoms with van der Waals surface area (Å²) in [6.07, 6.45) is -0.0560. The van der Waals surface area contributed by atoms with E-state index in [4.69, 9.17) is 9.84 Å². The lowest BCUT2D eigenvalue weighted by Crippen LogP contribution is -2.37. The van der Waals surface area contributed by atoms with Gasteiger partial charge in [0, 0.05) is 18.2 Å². The second-order valence-electron chi connectivity index (χ2n) is 3.43. The van der Waals surface area contributed by atoms with E-state index in [9.17, 15) is 9.90 Å². The van der Waals surface area contributed by atoms with Gasteiger partial charge in [-0.05, 0) is 13.0 Å². The second kappa shape index (κ2) is 4.27. The number of carbonyl (C=O) groups is 1. The van der Waals surface area contributed by atoms with E-state index < -0.39 is 11.6 Å². The van der Waals surface area contributed by atoms with Crippen molar-refractivity contribution in [3.8, 4) is 5.88 Å². The third kappa shape index (κ3) is 2.92. The summed E-state index contributed by atoms with van der Waals surface area (Å²) in [5.74, 6) is -0.874. The van der Waals surface area contributed by atoms with E-state index in [2.05, 4.69) is 4.98 Å². The van der Waals surface area contributed by atoms with E-state index in [0.717, 1.165) is 0 Å². The van der Waals surface area contributed by atoms with E-state index in [0.29, 0.717) is 11.6 Å². The number of ether oxygens (including phenoxy) is 1. The fraction of sp³-hybridized carbons (Fsp3) is 0.400. The van der Waals surface area contributed by atoms with Crippen LogP contribution in [0, 0.1) is 0 Å². The molecule has 0 bridgehead atoms. The van der Waals surface area contributed by atoms with Crippen LogP contribution in [0.3, 0.4) is 0 Å². The highest BCUT2D eigenvalue weighted by Crippen LogP contribution is 2.14. The summed E-state index contributed by atoms with van der Waals surface area (Å²) in [4.78, 5) is 14.7. The van der Waals surface area contributed by atoms with Crippen molar-refractivity contribution < 1.29 is 19.7 Å². The Morgan fingerprint density at radius 2 is 2.27 bits per heavy atom. The minimum atomic E-state index is -1.81. The third-order valence-corrected chi connectivity index (χ3v) is 1.98. The average Bonchev–Trinajstić information content (AvgIpc) is 2.17. The van der Waals surface area contributed by atoms with Crippen LogP contribution in [-0.2, 0) is 11.2 Å². The number of carboxylic acids is 1. The van der Waals surface area contributed by atoms with Gasteiger partial charge in [0.25, 0.3) is 0 Å². The molecule has 1 aromatic heterocycles. The highest BCUT2D eigenvalue weighted by atomic mass is 16.5. The van der Waals surface area contributed by atoms with Gasteiger partial charge in [-0.2, -0.15) is 0 Å². The van der Waals surface area contributed by atoms with Gasteiger partial charge in [-0.1, -0.05) is 6.07 Å². The quantitative estimate of drug-likeness (QED) is 0.756. The number of aliphatic carboxylic acids is 1. The molecule has 0 aliphatic carbocycles. The summed E-state index contributed by atoms with van der Waals surface area (Å²) in [6, 6.07) is 4.98. The van der Waals surface area contributed by atoms with Gasteiger partial charge >= 0.3 is 5.97 Å². The van der Waals surface area contributed by atoms with Gasteiger partial charge in [0.15, 0.2) is 5.60 Å². The van der Waals surface area contributed by atoms with Crippen LogP contribution in [-0.4, -0.2) is 33.9 Å². The minimum absolute atomic E-state index is 0.0560. The van der Waals surface area contributed by atoms with Crippen molar-refractivity contribution in [2.45, 2.75) is 18.9 Å². The fourth-order valence-corrected chi connectivity index (χ4v) is 1.10. The Hall–Kier alpha value is -1.62. The van der Waals surface area contributed by atoms with Gasteiger partial charge < -0.3 is 14.9 Å². The SMILES string of the molecule is COc1cccc(CC(C)(O)C(=O)O)n1. The van der Waals surface area contributed by atoms with Gasteiger partial charge in [-0.25, -0.2) is 9.78 Å². The molecule has 1 heterocycles. The summed E-state index contributed by atoms with van der Waals surface area (Å²) < 4.78 is 4.89. The van der Waals surface area contributed by atoms with Crippen molar-refractivity contribution in [1.82, 2.24) is 4.98 Å². The molecule has 0 aromatic carbocycles. The number of carboxylic acid groups (broad SMARTS) is 1. The van der Waals surface area contributed by atoms with Crippen LogP contribution >= 0.6 is 0 Å². The van der Waals surface area contributed by atoms with Crippen LogP contribution in [0.25, 0.3) is 0 Å². The average molecular weight is 211 g/mol. The van der Waals surface area contributed by atoms with Crippen LogP contribution in [0.4, 0.5) is 0 Å². The van der Waals surface area contributed by atoms with Crippen molar-refractivity contribution in [2.75, 3.05) is 7.11 Å². The maximum Gasteiger partial charge on any atom is 0.335 e. The lowest BCUT2D eigenvalue weighted by atomic mass is 10.0. The van der Waals surface area contributed by atoms with Crippen LogP contribution in [0.5, 0.6) is 5.88 Å². The predicted octanol–water partition coefficient (Wildman–Crippen LogP) is 0.468. The van der Waals surface area contributed by atoms with Crippen molar-refractivity contribution in [3.05, 3.63) is 23.9 Å². The third-order valence-electron chi connectivity index (χ3n) is 1.98. The number of hydrogen-bond donors (Lipinski definition) is 2. The first kappa shape index (κ1) is 11.5. The zero-order valence-corrected chi connectivity index (χ0v) is 8.60. The molecule has 1 rings (SSSR count). The zero-order chi connectivity index (χ0) is 11.5. The zero-order valence-electron chi connectivity index (χ0n) is 8.60. The van der Waals surface area contributed by atoms with Crippen LogP contribution in [0.2, 0.25) is 0 Å². The first-order valence-corrected chi connectivity index (χ1v) is 4.41. The molecule has 82 valence electrons. The molecule has 0 saturated carbocycles. The Bertz CT molecular complexity index is 362. The van der Waals surface area contributed by atoms with Crippen molar-refractivity contribution in [2.24, 2.45) is 0 Å². The molecule has 1 aromatic rings. The van der Waals surface area contributed by atoms with Gasteiger partial charge in [-0.3, -0.25) is 0 Å². The number of aromatic nitrogens is 1. The largest absolute Gasteiger partial charge is 0.481 e. The molecule has 0 spiro atoms. The highest BCUT2D eigenvalue weighted by Gasteiger charge is 2.30. The Morgan fingerprint density at radius 1 is 1.60 bits per heavy atom. The number of hydrogen-bond acceptors (Lipinski definition) is 4. The van der Waals surface area contributed by atoms with E-state index in [1.54, 1.807) is 18.2 Å². The predicted molar refractivity (Wildman–Crippen MR) is 52.8 cm³/mol. The van der Waals surface area contributed by atoms with E-state index in [-0.39, 0.29) is 6.42 Å². The van der Waals surface area contributed by atoms with Crippen LogP contribution < -0.4 is 4.74 Å². The summed E-state index contributed by atoms with van der Waals surface area (Å²) in [5, 5.41) is 18.2. The molecule has 0 radical (unpaired) electrons. The van der Waals surface area contributed by atoms with E-state index in [1.807, 2.05) is 0 Å². The Morgan fingerprint density at radius 3 is 2.80 bits per heavy atom. The summed E-state index contributed by atoms with van der Waals surface area (Å²) >= 11 is 0. The maximum absolute atomic E-state index is 10.7. The van der Waals surface area contributed by atoms with Gasteiger partial charge in [0.1, 0.15) is 0 Å². The molecule has 2 N–H and O–H groups in total. The molecule has 1 unspecified atom stereocenters. The molecule has 0 saturated heterocycles. The summed E-state index contributed by atoms with van der Waals surface area (Å²) in [7, 11) is 1.47.